The SMILES string of the molecule is CC(=O)c1c(N2CCOCC2)c2ccc(Nc3nccc(-c4ccccc4OC(C)C)n3)cc2oc1=O. The fourth-order valence-electron chi connectivity index (χ4n) is 4.42. The number of carbonyl (C=O) groups is 1. The number of ether oxygens (including phenoxy) is 2. The van der Waals surface area contributed by atoms with Gasteiger partial charge < -0.3 is 24.1 Å². The van der Waals surface area contributed by atoms with E-state index in [2.05, 4.69) is 15.3 Å². The molecule has 0 radical (unpaired) electrons. The summed E-state index contributed by atoms with van der Waals surface area (Å²) in [6, 6.07) is 15.0. The van der Waals surface area contributed by atoms with Crippen molar-refractivity contribution in [3.05, 3.63) is 70.7 Å². The summed E-state index contributed by atoms with van der Waals surface area (Å²) < 4.78 is 17.0. The van der Waals surface area contributed by atoms with Gasteiger partial charge in [-0.1, -0.05) is 12.1 Å². The summed E-state index contributed by atoms with van der Waals surface area (Å²) in [5.41, 5.74) is 2.58. The van der Waals surface area contributed by atoms with E-state index >= 15 is 0 Å². The highest BCUT2D eigenvalue weighted by molar-refractivity contribution is 6.07. The zero-order valence-corrected chi connectivity index (χ0v) is 21.0. The van der Waals surface area contributed by atoms with E-state index in [1.807, 2.05) is 61.2 Å². The van der Waals surface area contributed by atoms with Crippen LogP contribution in [0.1, 0.15) is 31.1 Å². The van der Waals surface area contributed by atoms with E-state index in [4.69, 9.17) is 13.9 Å². The normalized spacial score (nSPS) is 13.7. The van der Waals surface area contributed by atoms with Crippen LogP contribution in [0.5, 0.6) is 5.75 Å². The number of para-hydroxylation sites is 1. The number of hydrogen-bond acceptors (Lipinski definition) is 9. The summed E-state index contributed by atoms with van der Waals surface area (Å²) in [5.74, 6) is 0.796. The third-order valence-corrected chi connectivity index (χ3v) is 6.00. The molecule has 190 valence electrons. The first-order chi connectivity index (χ1) is 17.9. The standard InChI is InChI=1S/C28H28N4O5/c1-17(2)36-23-7-5-4-6-20(23)22-10-11-29-28(31-22)30-19-8-9-21-24(16-19)37-27(34)25(18(3)33)26(21)32-12-14-35-15-13-32/h4-11,16-17H,12-15H2,1-3H3,(H,29,30,31). The molecule has 0 spiro atoms. The smallest absolute Gasteiger partial charge is 0.349 e. The number of ketones is 1. The van der Waals surface area contributed by atoms with E-state index < -0.39 is 5.63 Å². The van der Waals surface area contributed by atoms with Crippen molar-refractivity contribution in [1.82, 2.24) is 9.97 Å². The number of hydrogen-bond donors (Lipinski definition) is 1. The second-order valence-electron chi connectivity index (χ2n) is 9.03. The number of rotatable bonds is 7. The molecule has 0 unspecified atom stereocenters. The molecule has 1 aliphatic rings. The lowest BCUT2D eigenvalue weighted by molar-refractivity contribution is 0.101. The van der Waals surface area contributed by atoms with Gasteiger partial charge in [-0.15, -0.1) is 0 Å². The molecule has 0 saturated carbocycles. The van der Waals surface area contributed by atoms with Crippen molar-refractivity contribution in [2.24, 2.45) is 0 Å². The Kier molecular flexibility index (Phi) is 6.87. The number of nitrogens with zero attached hydrogens (tertiary/aromatic N) is 3. The molecule has 1 aliphatic heterocycles. The Morgan fingerprint density at radius 2 is 1.89 bits per heavy atom. The summed E-state index contributed by atoms with van der Waals surface area (Å²) in [7, 11) is 0. The van der Waals surface area contributed by atoms with E-state index in [1.165, 1.54) is 6.92 Å². The zero-order valence-electron chi connectivity index (χ0n) is 21.0. The number of aromatic nitrogens is 2. The Hall–Kier alpha value is -4.24. The van der Waals surface area contributed by atoms with Gasteiger partial charge >= 0.3 is 5.63 Å². The molecule has 9 heteroatoms. The quantitative estimate of drug-likeness (QED) is 0.282. The molecule has 3 heterocycles. The largest absolute Gasteiger partial charge is 0.490 e. The van der Waals surface area contributed by atoms with Crippen molar-refractivity contribution in [2.45, 2.75) is 26.9 Å². The molecule has 0 aliphatic carbocycles. The predicted molar refractivity (Wildman–Crippen MR) is 142 cm³/mol. The number of morpholine rings is 1. The van der Waals surface area contributed by atoms with Crippen LogP contribution >= 0.6 is 0 Å². The van der Waals surface area contributed by atoms with E-state index in [0.717, 1.165) is 11.3 Å². The summed E-state index contributed by atoms with van der Waals surface area (Å²) in [6.07, 6.45) is 1.70. The summed E-state index contributed by atoms with van der Waals surface area (Å²) >= 11 is 0. The van der Waals surface area contributed by atoms with Crippen molar-refractivity contribution < 1.29 is 18.7 Å². The minimum atomic E-state index is -0.654. The molecule has 0 amide bonds. The fourth-order valence-corrected chi connectivity index (χ4v) is 4.42. The van der Waals surface area contributed by atoms with E-state index in [-0.39, 0.29) is 17.5 Å². The van der Waals surface area contributed by atoms with Crippen LogP contribution in [0.15, 0.2) is 63.9 Å². The van der Waals surface area contributed by atoms with Crippen LogP contribution < -0.4 is 20.6 Å². The van der Waals surface area contributed by atoms with Gasteiger partial charge in [0, 0.05) is 42.0 Å². The van der Waals surface area contributed by atoms with Gasteiger partial charge in [-0.3, -0.25) is 4.79 Å². The molecule has 1 N–H and O–H groups in total. The van der Waals surface area contributed by atoms with Gasteiger partial charge in [-0.05, 0) is 51.1 Å². The molecule has 37 heavy (non-hydrogen) atoms. The lowest BCUT2D eigenvalue weighted by Gasteiger charge is -2.30. The van der Waals surface area contributed by atoms with Crippen LogP contribution in [-0.2, 0) is 4.74 Å². The average Bonchev–Trinajstić information content (AvgIpc) is 2.88. The Morgan fingerprint density at radius 3 is 2.65 bits per heavy atom. The van der Waals surface area contributed by atoms with Crippen LogP contribution in [0.4, 0.5) is 17.3 Å². The first kappa shape index (κ1) is 24.5. The van der Waals surface area contributed by atoms with Crippen LogP contribution in [-0.4, -0.2) is 48.2 Å². The van der Waals surface area contributed by atoms with Crippen molar-refractivity contribution in [1.29, 1.82) is 0 Å². The van der Waals surface area contributed by atoms with Crippen LogP contribution in [0.25, 0.3) is 22.2 Å². The van der Waals surface area contributed by atoms with Gasteiger partial charge in [0.2, 0.25) is 5.95 Å². The third kappa shape index (κ3) is 5.17. The Morgan fingerprint density at radius 1 is 1.11 bits per heavy atom. The maximum absolute atomic E-state index is 12.8. The fraction of sp³-hybridized carbons (Fsp3) is 0.286. The van der Waals surface area contributed by atoms with Crippen molar-refractivity contribution in [3.63, 3.8) is 0 Å². The van der Waals surface area contributed by atoms with Crippen molar-refractivity contribution in [2.75, 3.05) is 36.5 Å². The average molecular weight is 501 g/mol. The molecule has 0 bridgehead atoms. The van der Waals surface area contributed by atoms with Gasteiger partial charge in [-0.2, -0.15) is 0 Å². The Balaban J connectivity index is 1.50. The molecular weight excluding hydrogens is 472 g/mol. The lowest BCUT2D eigenvalue weighted by Crippen LogP contribution is -2.38. The first-order valence-corrected chi connectivity index (χ1v) is 12.2. The molecule has 5 rings (SSSR count). The van der Waals surface area contributed by atoms with E-state index in [1.54, 1.807) is 12.3 Å². The van der Waals surface area contributed by atoms with Crippen LogP contribution in [0, 0.1) is 0 Å². The second kappa shape index (κ2) is 10.4. The number of carbonyl (C=O) groups excluding carboxylic acids is 1. The Labute approximate surface area is 214 Å². The summed E-state index contributed by atoms with van der Waals surface area (Å²) in [6.45, 7) is 7.56. The molecule has 2 aromatic heterocycles. The van der Waals surface area contributed by atoms with Gasteiger partial charge in [0.05, 0.1) is 30.7 Å². The Bertz CT molecular complexity index is 1510. The second-order valence-corrected chi connectivity index (χ2v) is 9.03. The van der Waals surface area contributed by atoms with Gasteiger partial charge in [0.1, 0.15) is 16.9 Å². The summed E-state index contributed by atoms with van der Waals surface area (Å²) in [5, 5.41) is 3.88. The van der Waals surface area contributed by atoms with Crippen LogP contribution in [0.2, 0.25) is 0 Å². The molecule has 1 saturated heterocycles. The number of fused-ring (bicyclic) bond motifs is 1. The molecule has 1 fully saturated rings. The molecule has 4 aromatic rings. The lowest BCUT2D eigenvalue weighted by atomic mass is 10.1. The van der Waals surface area contributed by atoms with Gasteiger partial charge in [-0.25, -0.2) is 14.8 Å². The predicted octanol–water partition coefficient (Wildman–Crippen LogP) is 4.82. The minimum absolute atomic E-state index is 0.0266. The molecule has 0 atom stereocenters. The maximum Gasteiger partial charge on any atom is 0.349 e. The highest BCUT2D eigenvalue weighted by atomic mass is 16.5. The minimum Gasteiger partial charge on any atom is -0.490 e. The molecule has 2 aromatic carbocycles. The van der Waals surface area contributed by atoms with E-state index in [9.17, 15) is 9.59 Å². The number of benzene rings is 2. The number of nitrogens with one attached hydrogen (secondary N) is 1. The number of Topliss-reactive ketones (excluding diaryl/α,β-unsaturated/α-hetero) is 1. The first-order valence-electron chi connectivity index (χ1n) is 12.2. The highest BCUT2D eigenvalue weighted by Crippen LogP contribution is 2.33. The highest BCUT2D eigenvalue weighted by Gasteiger charge is 2.24. The number of anilines is 3. The molecule has 9 nitrogen and oxygen atoms in total. The monoisotopic (exact) mass is 500 g/mol. The van der Waals surface area contributed by atoms with Crippen molar-refractivity contribution in [3.8, 4) is 17.0 Å². The van der Waals surface area contributed by atoms with Gasteiger partial charge in [0.25, 0.3) is 0 Å². The van der Waals surface area contributed by atoms with Crippen molar-refractivity contribution >= 4 is 34.1 Å². The zero-order chi connectivity index (χ0) is 25.9. The van der Waals surface area contributed by atoms with E-state index in [0.29, 0.717) is 60.3 Å². The third-order valence-electron chi connectivity index (χ3n) is 6.00. The van der Waals surface area contributed by atoms with Crippen LogP contribution in [0.3, 0.4) is 0 Å². The molecular formula is C28H28N4O5. The van der Waals surface area contributed by atoms with Gasteiger partial charge in [0.15, 0.2) is 5.78 Å². The topological polar surface area (TPSA) is 107 Å². The summed E-state index contributed by atoms with van der Waals surface area (Å²) in [4.78, 5) is 36.2. The maximum atomic E-state index is 12.8.